The Hall–Kier alpha value is -0.840. The summed E-state index contributed by atoms with van der Waals surface area (Å²) >= 11 is 0. The van der Waals surface area contributed by atoms with Crippen LogP contribution in [0.5, 0.6) is 0 Å². The van der Waals surface area contributed by atoms with E-state index in [1.165, 1.54) is 0 Å². The fourth-order valence-corrected chi connectivity index (χ4v) is 1.67. The van der Waals surface area contributed by atoms with Crippen molar-refractivity contribution in [2.45, 2.75) is 32.6 Å². The van der Waals surface area contributed by atoms with Gasteiger partial charge in [0, 0.05) is 6.42 Å². The van der Waals surface area contributed by atoms with Gasteiger partial charge in [0.05, 0.1) is 19.5 Å². The van der Waals surface area contributed by atoms with E-state index in [0.29, 0.717) is 13.0 Å². The molecule has 7 heteroatoms. The molecule has 1 unspecified atom stereocenters. The molecular formula is C10H19O6P. The third-order valence-corrected chi connectivity index (χ3v) is 2.79. The first-order valence-electron chi connectivity index (χ1n) is 5.44. The van der Waals surface area contributed by atoms with Gasteiger partial charge in [-0.15, -0.1) is 0 Å². The number of esters is 1. The van der Waals surface area contributed by atoms with Crippen molar-refractivity contribution in [1.82, 2.24) is 0 Å². The summed E-state index contributed by atoms with van der Waals surface area (Å²) in [6, 6.07) is 0. The van der Waals surface area contributed by atoms with Crippen molar-refractivity contribution in [3.63, 3.8) is 0 Å². The predicted molar refractivity (Wildman–Crippen MR) is 62.2 cm³/mol. The molecule has 100 valence electrons. The van der Waals surface area contributed by atoms with Crippen molar-refractivity contribution in [2.24, 2.45) is 0 Å². The minimum absolute atomic E-state index is 0.0255. The highest BCUT2D eigenvalue weighted by Crippen LogP contribution is 2.42. The smallest absolute Gasteiger partial charge is 0.466 e. The average molecular weight is 266 g/mol. The van der Waals surface area contributed by atoms with E-state index in [1.54, 1.807) is 6.92 Å². The van der Waals surface area contributed by atoms with Crippen LogP contribution in [0.4, 0.5) is 0 Å². The molecule has 0 spiro atoms. The Kier molecular flexibility index (Phi) is 8.76. The standard InChI is InChI=1S/C6H10O2.C4H9O4P/c7-6-4-2-1-3-5-8-6;1-3-7-9(5,6)8-4-2/h1-5H2;3H,1,4H2,2H3,(H,5,6). The lowest BCUT2D eigenvalue weighted by molar-refractivity contribution is -0.142. The van der Waals surface area contributed by atoms with Crippen molar-refractivity contribution in [3.05, 3.63) is 12.8 Å². The highest BCUT2D eigenvalue weighted by molar-refractivity contribution is 7.47. The second-order valence-corrected chi connectivity index (χ2v) is 4.60. The molecule has 0 bridgehead atoms. The Balaban J connectivity index is 0.000000302. The molecule has 6 nitrogen and oxygen atoms in total. The molecule has 1 rings (SSSR count). The average Bonchev–Trinajstić information content (AvgIpc) is 2.46. The Labute approximate surface area is 101 Å². The molecule has 1 aliphatic heterocycles. The van der Waals surface area contributed by atoms with Crippen LogP contribution in [0.3, 0.4) is 0 Å². The molecule has 0 aromatic heterocycles. The number of carbonyl (C=O) groups excluding carboxylic acids is 1. The molecule has 0 saturated carbocycles. The summed E-state index contributed by atoms with van der Waals surface area (Å²) in [4.78, 5) is 19.0. The molecule has 1 saturated heterocycles. The number of carbonyl (C=O) groups is 1. The Morgan fingerprint density at radius 3 is 2.82 bits per heavy atom. The second-order valence-electron chi connectivity index (χ2n) is 3.19. The summed E-state index contributed by atoms with van der Waals surface area (Å²) in [5.41, 5.74) is 0. The van der Waals surface area contributed by atoms with Gasteiger partial charge in [-0.25, -0.2) is 4.57 Å². The first-order valence-corrected chi connectivity index (χ1v) is 6.93. The van der Waals surface area contributed by atoms with Gasteiger partial charge >= 0.3 is 13.8 Å². The van der Waals surface area contributed by atoms with Gasteiger partial charge in [-0.3, -0.25) is 14.2 Å². The van der Waals surface area contributed by atoms with Crippen molar-refractivity contribution in [1.29, 1.82) is 0 Å². The van der Waals surface area contributed by atoms with E-state index in [0.717, 1.165) is 25.5 Å². The largest absolute Gasteiger partial charge is 0.526 e. The number of cyclic esters (lactones) is 1. The second kappa shape index (κ2) is 9.22. The van der Waals surface area contributed by atoms with Crippen molar-refractivity contribution < 1.29 is 28.0 Å². The van der Waals surface area contributed by atoms with E-state index in [4.69, 9.17) is 9.63 Å². The molecular weight excluding hydrogens is 247 g/mol. The van der Waals surface area contributed by atoms with Crippen molar-refractivity contribution in [3.8, 4) is 0 Å². The van der Waals surface area contributed by atoms with Gasteiger partial charge in [0.2, 0.25) is 0 Å². The number of phosphoric ester groups is 1. The molecule has 0 aromatic rings. The monoisotopic (exact) mass is 266 g/mol. The summed E-state index contributed by atoms with van der Waals surface area (Å²) in [6.45, 7) is 5.46. The third-order valence-electron chi connectivity index (χ3n) is 1.79. The van der Waals surface area contributed by atoms with Gasteiger partial charge in [-0.05, 0) is 26.2 Å². The zero-order chi connectivity index (χ0) is 13.1. The van der Waals surface area contributed by atoms with Gasteiger partial charge in [0.1, 0.15) is 0 Å². The fraction of sp³-hybridized carbons (Fsp3) is 0.700. The third kappa shape index (κ3) is 10.1. The fourth-order valence-electron chi connectivity index (χ4n) is 1.09. The summed E-state index contributed by atoms with van der Waals surface area (Å²) < 4.78 is 23.6. The normalized spacial score (nSPS) is 18.8. The van der Waals surface area contributed by atoms with Gasteiger partial charge in [-0.2, -0.15) is 0 Å². The highest BCUT2D eigenvalue weighted by atomic mass is 31.2. The van der Waals surface area contributed by atoms with E-state index >= 15 is 0 Å². The molecule has 1 N–H and O–H groups in total. The first kappa shape index (κ1) is 16.2. The number of phosphoric acid groups is 1. The molecule has 1 atom stereocenters. The van der Waals surface area contributed by atoms with Crippen LogP contribution in [0.1, 0.15) is 32.6 Å². The van der Waals surface area contributed by atoms with Crippen LogP contribution < -0.4 is 0 Å². The number of rotatable bonds is 4. The van der Waals surface area contributed by atoms with Gasteiger partial charge in [0.25, 0.3) is 0 Å². The van der Waals surface area contributed by atoms with Crippen LogP contribution in [0.15, 0.2) is 12.8 Å². The molecule has 1 fully saturated rings. The topological polar surface area (TPSA) is 82.1 Å². The number of ether oxygens (including phenoxy) is 1. The minimum Gasteiger partial charge on any atom is -0.466 e. The quantitative estimate of drug-likeness (QED) is 0.478. The lowest BCUT2D eigenvalue weighted by Crippen LogP contribution is -2.00. The highest BCUT2D eigenvalue weighted by Gasteiger charge is 2.18. The van der Waals surface area contributed by atoms with E-state index in [9.17, 15) is 9.36 Å². The molecule has 1 heterocycles. The van der Waals surface area contributed by atoms with Gasteiger partial charge in [0.15, 0.2) is 0 Å². The van der Waals surface area contributed by atoms with E-state index in [1.807, 2.05) is 0 Å². The lowest BCUT2D eigenvalue weighted by atomic mass is 10.2. The summed E-state index contributed by atoms with van der Waals surface area (Å²) in [5, 5.41) is 0. The summed E-state index contributed by atoms with van der Waals surface area (Å²) in [7, 11) is -3.81. The molecule has 0 amide bonds. The van der Waals surface area contributed by atoms with Crippen LogP contribution in [-0.4, -0.2) is 24.1 Å². The zero-order valence-corrected chi connectivity index (χ0v) is 10.9. The molecule has 1 aliphatic rings. The van der Waals surface area contributed by atoms with Crippen LogP contribution in [0, 0.1) is 0 Å². The Morgan fingerprint density at radius 2 is 2.24 bits per heavy atom. The van der Waals surface area contributed by atoms with Crippen LogP contribution in [0.25, 0.3) is 0 Å². The van der Waals surface area contributed by atoms with E-state index in [-0.39, 0.29) is 12.6 Å². The maximum Gasteiger partial charge on any atom is 0.526 e. The molecule has 0 aliphatic carbocycles. The number of hydrogen-bond acceptors (Lipinski definition) is 5. The maximum absolute atomic E-state index is 10.5. The summed E-state index contributed by atoms with van der Waals surface area (Å²) in [5.74, 6) is -0.0255. The molecule has 0 aromatic carbocycles. The first-order chi connectivity index (χ1) is 8.02. The predicted octanol–water partition coefficient (Wildman–Crippen LogP) is 2.39. The minimum atomic E-state index is -3.81. The van der Waals surface area contributed by atoms with Gasteiger partial charge in [-0.1, -0.05) is 6.58 Å². The molecule has 0 radical (unpaired) electrons. The van der Waals surface area contributed by atoms with Crippen LogP contribution in [-0.2, 0) is 23.1 Å². The maximum atomic E-state index is 10.5. The Morgan fingerprint density at radius 1 is 1.53 bits per heavy atom. The number of hydrogen-bond donors (Lipinski definition) is 1. The van der Waals surface area contributed by atoms with Crippen molar-refractivity contribution in [2.75, 3.05) is 13.2 Å². The van der Waals surface area contributed by atoms with Crippen molar-refractivity contribution >= 4 is 13.8 Å². The lowest BCUT2D eigenvalue weighted by Gasteiger charge is -2.06. The summed E-state index contributed by atoms with van der Waals surface area (Å²) in [6.07, 6.45) is 4.70. The van der Waals surface area contributed by atoms with Crippen LogP contribution in [0.2, 0.25) is 0 Å². The zero-order valence-electron chi connectivity index (χ0n) is 9.96. The SMILES string of the molecule is C=COP(=O)(O)OCC.O=C1CCCCCO1. The van der Waals surface area contributed by atoms with E-state index < -0.39 is 7.82 Å². The Bertz CT molecular complexity index is 268. The van der Waals surface area contributed by atoms with Crippen LogP contribution >= 0.6 is 7.82 Å². The van der Waals surface area contributed by atoms with Gasteiger partial charge < -0.3 is 9.26 Å². The van der Waals surface area contributed by atoms with E-state index in [2.05, 4.69) is 15.6 Å². The molecule has 17 heavy (non-hydrogen) atoms.